The number of pyridine rings is 1. The van der Waals surface area contributed by atoms with Crippen LogP contribution in [-0.2, 0) is 0 Å². The lowest BCUT2D eigenvalue weighted by Crippen LogP contribution is -1.96. The molecule has 0 radical (unpaired) electrons. The highest BCUT2D eigenvalue weighted by Gasteiger charge is 2.02. The van der Waals surface area contributed by atoms with Gasteiger partial charge in [-0.1, -0.05) is 6.07 Å². The number of hydrogen-bond donors (Lipinski definition) is 2. The fourth-order valence-electron chi connectivity index (χ4n) is 1.87. The number of benzene rings is 1. The van der Waals surface area contributed by atoms with Gasteiger partial charge in [0.1, 0.15) is 12.1 Å². The van der Waals surface area contributed by atoms with Gasteiger partial charge in [0.05, 0.1) is 5.69 Å². The van der Waals surface area contributed by atoms with Crippen LogP contribution in [-0.4, -0.2) is 15.0 Å². The van der Waals surface area contributed by atoms with Crippen LogP contribution in [0.2, 0.25) is 0 Å². The van der Waals surface area contributed by atoms with Crippen molar-refractivity contribution in [1.82, 2.24) is 15.0 Å². The summed E-state index contributed by atoms with van der Waals surface area (Å²) < 4.78 is 0. The van der Waals surface area contributed by atoms with Crippen molar-refractivity contribution in [2.75, 3.05) is 11.1 Å². The Morgan fingerprint density at radius 1 is 0.950 bits per heavy atom. The van der Waals surface area contributed by atoms with E-state index >= 15 is 0 Å². The van der Waals surface area contributed by atoms with Crippen LogP contribution >= 0.6 is 0 Å². The zero-order valence-corrected chi connectivity index (χ0v) is 10.7. The van der Waals surface area contributed by atoms with Gasteiger partial charge in [0, 0.05) is 35.4 Å². The monoisotopic (exact) mass is 263 g/mol. The highest BCUT2D eigenvalue weighted by Crippen LogP contribution is 2.21. The van der Waals surface area contributed by atoms with Crippen LogP contribution in [0.3, 0.4) is 0 Å². The first-order chi connectivity index (χ1) is 9.81. The van der Waals surface area contributed by atoms with E-state index in [1.165, 1.54) is 6.33 Å². The number of hydrogen-bond acceptors (Lipinski definition) is 5. The van der Waals surface area contributed by atoms with E-state index in [0.29, 0.717) is 5.69 Å². The summed E-state index contributed by atoms with van der Waals surface area (Å²) in [5.74, 6) is 0.720. The van der Waals surface area contributed by atoms with Crippen molar-refractivity contribution in [2.24, 2.45) is 0 Å². The maximum atomic E-state index is 5.75. The standard InChI is InChI=1S/C15H13N5/c16-12-2-1-3-13(8-12)20-15-9-14(18-10-19-15)11-4-6-17-7-5-11/h1-10H,16H2,(H,18,19,20). The molecule has 3 rings (SSSR count). The molecule has 5 nitrogen and oxygen atoms in total. The fourth-order valence-corrected chi connectivity index (χ4v) is 1.87. The first kappa shape index (κ1) is 12.1. The molecule has 98 valence electrons. The molecule has 0 aliphatic carbocycles. The molecule has 2 heterocycles. The Bertz CT molecular complexity index is 712. The number of aromatic nitrogens is 3. The maximum Gasteiger partial charge on any atom is 0.134 e. The summed E-state index contributed by atoms with van der Waals surface area (Å²) in [7, 11) is 0. The minimum atomic E-state index is 0.707. The van der Waals surface area contributed by atoms with Gasteiger partial charge in [-0.2, -0.15) is 0 Å². The Labute approximate surface area is 116 Å². The predicted octanol–water partition coefficient (Wildman–Crippen LogP) is 2.86. The third-order valence-corrected chi connectivity index (χ3v) is 2.80. The van der Waals surface area contributed by atoms with Crippen molar-refractivity contribution in [3.8, 4) is 11.3 Å². The molecule has 0 saturated carbocycles. The minimum absolute atomic E-state index is 0.707. The highest BCUT2D eigenvalue weighted by molar-refractivity contribution is 5.66. The van der Waals surface area contributed by atoms with Crippen LogP contribution in [0.15, 0.2) is 61.2 Å². The highest BCUT2D eigenvalue weighted by atomic mass is 15.0. The summed E-state index contributed by atoms with van der Waals surface area (Å²) in [5.41, 5.74) is 9.19. The third-order valence-electron chi connectivity index (χ3n) is 2.80. The molecule has 0 unspecified atom stereocenters. The topological polar surface area (TPSA) is 76.7 Å². The van der Waals surface area contributed by atoms with Crippen LogP contribution in [0.1, 0.15) is 0 Å². The molecule has 0 bridgehead atoms. The van der Waals surface area contributed by atoms with Gasteiger partial charge in [0.25, 0.3) is 0 Å². The van der Waals surface area contributed by atoms with Crippen molar-refractivity contribution in [2.45, 2.75) is 0 Å². The second-order valence-corrected chi connectivity index (χ2v) is 4.27. The van der Waals surface area contributed by atoms with Gasteiger partial charge in [0.15, 0.2) is 0 Å². The summed E-state index contributed by atoms with van der Waals surface area (Å²) in [6.45, 7) is 0. The molecular formula is C15H13N5. The lowest BCUT2D eigenvalue weighted by molar-refractivity contribution is 1.17. The van der Waals surface area contributed by atoms with Crippen LogP contribution in [0.25, 0.3) is 11.3 Å². The Kier molecular flexibility index (Phi) is 3.24. The molecule has 0 atom stereocenters. The largest absolute Gasteiger partial charge is 0.399 e. The normalized spacial score (nSPS) is 10.2. The molecule has 3 aromatic rings. The summed E-state index contributed by atoms with van der Waals surface area (Å²) in [5, 5.41) is 3.21. The quantitative estimate of drug-likeness (QED) is 0.710. The number of nitrogen functional groups attached to an aromatic ring is 1. The molecule has 0 amide bonds. The molecule has 0 spiro atoms. The number of rotatable bonds is 3. The van der Waals surface area contributed by atoms with Crippen molar-refractivity contribution in [3.63, 3.8) is 0 Å². The zero-order valence-electron chi connectivity index (χ0n) is 10.7. The predicted molar refractivity (Wildman–Crippen MR) is 79.4 cm³/mol. The van der Waals surface area contributed by atoms with Gasteiger partial charge >= 0.3 is 0 Å². The van der Waals surface area contributed by atoms with E-state index in [1.54, 1.807) is 12.4 Å². The molecule has 0 aliphatic heterocycles. The molecule has 1 aromatic carbocycles. The minimum Gasteiger partial charge on any atom is -0.399 e. The molecule has 0 saturated heterocycles. The molecule has 2 aromatic heterocycles. The Morgan fingerprint density at radius 3 is 2.60 bits per heavy atom. The van der Waals surface area contributed by atoms with E-state index < -0.39 is 0 Å². The van der Waals surface area contributed by atoms with Crippen LogP contribution in [0.5, 0.6) is 0 Å². The van der Waals surface area contributed by atoms with E-state index in [-0.39, 0.29) is 0 Å². The van der Waals surface area contributed by atoms with Crippen molar-refractivity contribution in [1.29, 1.82) is 0 Å². The SMILES string of the molecule is Nc1cccc(Nc2cc(-c3ccncc3)ncn2)c1. The van der Waals surface area contributed by atoms with Gasteiger partial charge in [-0.05, 0) is 30.3 Å². The Hall–Kier alpha value is -2.95. The fraction of sp³-hybridized carbons (Fsp3) is 0. The molecule has 0 aliphatic rings. The van der Waals surface area contributed by atoms with Gasteiger partial charge < -0.3 is 11.1 Å². The van der Waals surface area contributed by atoms with Crippen molar-refractivity contribution < 1.29 is 0 Å². The maximum absolute atomic E-state index is 5.75. The van der Waals surface area contributed by atoms with E-state index in [1.807, 2.05) is 42.5 Å². The Balaban J connectivity index is 1.88. The van der Waals surface area contributed by atoms with Crippen molar-refractivity contribution in [3.05, 3.63) is 61.2 Å². The van der Waals surface area contributed by atoms with Crippen LogP contribution in [0, 0.1) is 0 Å². The first-order valence-electron chi connectivity index (χ1n) is 6.16. The second kappa shape index (κ2) is 5.36. The number of nitrogens with zero attached hydrogens (tertiary/aromatic N) is 3. The van der Waals surface area contributed by atoms with E-state index in [9.17, 15) is 0 Å². The summed E-state index contributed by atoms with van der Waals surface area (Å²) in [6.07, 6.45) is 5.01. The molecule has 3 N–H and O–H groups in total. The number of nitrogens with one attached hydrogen (secondary N) is 1. The second-order valence-electron chi connectivity index (χ2n) is 4.27. The average Bonchev–Trinajstić information content (AvgIpc) is 2.48. The van der Waals surface area contributed by atoms with E-state index in [0.717, 1.165) is 22.8 Å². The van der Waals surface area contributed by atoms with Gasteiger partial charge in [-0.25, -0.2) is 9.97 Å². The summed E-state index contributed by atoms with van der Waals surface area (Å²) in [4.78, 5) is 12.5. The third kappa shape index (κ3) is 2.72. The lowest BCUT2D eigenvalue weighted by atomic mass is 10.2. The zero-order chi connectivity index (χ0) is 13.8. The lowest BCUT2D eigenvalue weighted by Gasteiger charge is -2.07. The molecule has 20 heavy (non-hydrogen) atoms. The van der Waals surface area contributed by atoms with Gasteiger partial charge in [0.2, 0.25) is 0 Å². The van der Waals surface area contributed by atoms with E-state index in [4.69, 9.17) is 5.73 Å². The molecule has 0 fully saturated rings. The van der Waals surface area contributed by atoms with Gasteiger partial charge in [-0.15, -0.1) is 0 Å². The molecular weight excluding hydrogens is 250 g/mol. The van der Waals surface area contributed by atoms with Crippen molar-refractivity contribution >= 4 is 17.2 Å². The van der Waals surface area contributed by atoms with E-state index in [2.05, 4.69) is 20.3 Å². The molecule has 5 heteroatoms. The first-order valence-corrected chi connectivity index (χ1v) is 6.16. The Morgan fingerprint density at radius 2 is 1.80 bits per heavy atom. The van der Waals surface area contributed by atoms with Crippen LogP contribution in [0.4, 0.5) is 17.2 Å². The number of anilines is 3. The summed E-state index contributed by atoms with van der Waals surface area (Å²) in [6, 6.07) is 13.2. The summed E-state index contributed by atoms with van der Waals surface area (Å²) >= 11 is 0. The smallest absolute Gasteiger partial charge is 0.134 e. The average molecular weight is 263 g/mol. The number of nitrogens with two attached hydrogens (primary N) is 1. The van der Waals surface area contributed by atoms with Gasteiger partial charge in [-0.3, -0.25) is 4.98 Å². The van der Waals surface area contributed by atoms with Crippen LogP contribution < -0.4 is 11.1 Å².